The molecule has 0 aliphatic carbocycles. The van der Waals surface area contributed by atoms with Crippen LogP contribution >= 0.6 is 11.6 Å². The summed E-state index contributed by atoms with van der Waals surface area (Å²) in [6.45, 7) is 9.61. The van der Waals surface area contributed by atoms with Gasteiger partial charge in [0.25, 0.3) is 15.7 Å². The average molecular weight is 645 g/mol. The summed E-state index contributed by atoms with van der Waals surface area (Å²) in [5, 5.41) is 14.7. The van der Waals surface area contributed by atoms with Crippen molar-refractivity contribution in [3.05, 3.63) is 92.5 Å². The number of nitro benzene ring substituents is 1. The van der Waals surface area contributed by atoms with E-state index >= 15 is 0 Å². The largest absolute Gasteiger partial charge is 0.495 e. The minimum atomic E-state index is -4.62. The molecule has 1 atom stereocenters. The van der Waals surface area contributed by atoms with Gasteiger partial charge in [0.2, 0.25) is 11.8 Å². The lowest BCUT2D eigenvalue weighted by molar-refractivity contribution is -0.385. The van der Waals surface area contributed by atoms with Gasteiger partial charge in [-0.05, 0) is 76.9 Å². The third-order valence-electron chi connectivity index (χ3n) is 6.92. The van der Waals surface area contributed by atoms with E-state index in [-0.39, 0.29) is 28.6 Å². The number of hydrogen-bond donors (Lipinski definition) is 1. The number of amides is 2. The van der Waals surface area contributed by atoms with Gasteiger partial charge in [-0.2, -0.15) is 0 Å². The van der Waals surface area contributed by atoms with Gasteiger partial charge >= 0.3 is 0 Å². The monoisotopic (exact) mass is 644 g/mol. The molecular formula is C31H37ClN4O7S. The fourth-order valence-corrected chi connectivity index (χ4v) is 6.08. The summed E-state index contributed by atoms with van der Waals surface area (Å²) in [6, 6.07) is 14.1. The molecule has 1 N–H and O–H groups in total. The lowest BCUT2D eigenvalue weighted by Crippen LogP contribution is -2.54. The second kappa shape index (κ2) is 13.6. The second-order valence-corrected chi connectivity index (χ2v) is 13.7. The molecule has 0 aromatic heterocycles. The molecule has 11 nitrogen and oxygen atoms in total. The third-order valence-corrected chi connectivity index (χ3v) is 8.91. The van der Waals surface area contributed by atoms with E-state index in [9.17, 15) is 28.1 Å². The second-order valence-electron chi connectivity index (χ2n) is 11.4. The van der Waals surface area contributed by atoms with Gasteiger partial charge in [-0.15, -0.1) is 0 Å². The van der Waals surface area contributed by atoms with Crippen molar-refractivity contribution in [3.8, 4) is 5.75 Å². The number of carbonyl (C=O) groups is 2. The number of anilines is 1. The van der Waals surface area contributed by atoms with Crippen molar-refractivity contribution in [1.82, 2.24) is 10.2 Å². The van der Waals surface area contributed by atoms with Gasteiger partial charge in [0, 0.05) is 28.7 Å². The number of halogens is 1. The zero-order valence-corrected chi connectivity index (χ0v) is 27.3. The number of rotatable bonds is 11. The molecule has 0 aliphatic heterocycles. The minimum Gasteiger partial charge on any atom is -0.495 e. The highest BCUT2D eigenvalue weighted by Gasteiger charge is 2.35. The van der Waals surface area contributed by atoms with Crippen molar-refractivity contribution < 1.29 is 27.7 Å². The Morgan fingerprint density at radius 2 is 1.70 bits per heavy atom. The van der Waals surface area contributed by atoms with Crippen LogP contribution < -0.4 is 14.4 Å². The maximum absolute atomic E-state index is 14.2. The van der Waals surface area contributed by atoms with E-state index < -0.39 is 55.5 Å². The molecule has 0 spiro atoms. The van der Waals surface area contributed by atoms with E-state index in [4.69, 9.17) is 16.3 Å². The van der Waals surface area contributed by atoms with Gasteiger partial charge in [-0.1, -0.05) is 41.9 Å². The van der Waals surface area contributed by atoms with Crippen LogP contribution in [0.1, 0.15) is 44.4 Å². The first-order valence-electron chi connectivity index (χ1n) is 13.7. The Morgan fingerprint density at radius 1 is 1.05 bits per heavy atom. The first-order chi connectivity index (χ1) is 20.5. The molecule has 0 saturated heterocycles. The maximum atomic E-state index is 14.2. The average Bonchev–Trinajstić information content (AvgIpc) is 2.94. The van der Waals surface area contributed by atoms with Crippen LogP contribution in [0.25, 0.3) is 0 Å². The molecule has 0 bridgehead atoms. The van der Waals surface area contributed by atoms with E-state index in [1.54, 1.807) is 6.92 Å². The Kier molecular flexibility index (Phi) is 10.6. The van der Waals surface area contributed by atoms with Gasteiger partial charge in [-0.3, -0.25) is 24.0 Å². The van der Waals surface area contributed by atoms with Crippen LogP contribution in [0.4, 0.5) is 11.4 Å². The highest BCUT2D eigenvalue weighted by molar-refractivity contribution is 7.92. The van der Waals surface area contributed by atoms with E-state index in [2.05, 4.69) is 5.32 Å². The van der Waals surface area contributed by atoms with Gasteiger partial charge < -0.3 is 15.0 Å². The normalized spacial score (nSPS) is 12.3. The number of sulfonamides is 1. The molecule has 236 valence electrons. The van der Waals surface area contributed by atoms with E-state index in [1.807, 2.05) is 52.0 Å². The van der Waals surface area contributed by atoms with Crippen LogP contribution in [0.2, 0.25) is 5.02 Å². The molecule has 3 aromatic rings. The number of carbonyl (C=O) groups excluding carboxylic acids is 2. The smallest absolute Gasteiger partial charge is 0.273 e. The van der Waals surface area contributed by atoms with Gasteiger partial charge in [0.15, 0.2) is 0 Å². The predicted molar refractivity (Wildman–Crippen MR) is 169 cm³/mol. The number of aryl methyl sites for hydroxylation is 2. The van der Waals surface area contributed by atoms with Gasteiger partial charge in [-0.25, -0.2) is 8.42 Å². The zero-order chi connectivity index (χ0) is 33.0. The topological polar surface area (TPSA) is 139 Å². The van der Waals surface area contributed by atoms with Crippen LogP contribution in [-0.2, 0) is 26.2 Å². The lowest BCUT2D eigenvalue weighted by Gasteiger charge is -2.34. The summed E-state index contributed by atoms with van der Waals surface area (Å²) in [6.07, 6.45) is 0. The number of nitrogens with one attached hydrogen (secondary N) is 1. The third kappa shape index (κ3) is 8.06. The molecule has 2 amide bonds. The van der Waals surface area contributed by atoms with Crippen LogP contribution in [-0.4, -0.2) is 55.3 Å². The summed E-state index contributed by atoms with van der Waals surface area (Å²) >= 11 is 6.26. The highest BCUT2D eigenvalue weighted by atomic mass is 35.5. The van der Waals surface area contributed by atoms with E-state index in [0.29, 0.717) is 0 Å². The molecule has 13 heteroatoms. The number of hydrogen-bond acceptors (Lipinski definition) is 7. The molecule has 3 aromatic carbocycles. The fourth-order valence-electron chi connectivity index (χ4n) is 4.47. The predicted octanol–water partition coefficient (Wildman–Crippen LogP) is 5.40. The number of nitro groups is 1. The fraction of sp³-hybridized carbons (Fsp3) is 0.355. The Hall–Kier alpha value is -4.16. The summed E-state index contributed by atoms with van der Waals surface area (Å²) < 4.78 is 34.7. The Balaban J connectivity index is 2.18. The van der Waals surface area contributed by atoms with Crippen molar-refractivity contribution in [1.29, 1.82) is 0 Å². The highest BCUT2D eigenvalue weighted by Crippen LogP contribution is 2.36. The Labute approximate surface area is 263 Å². The SMILES string of the molecule is COc1ccc(Cl)cc1N(CC(=O)N(Cc1ccccc1C)C(C)C(=O)NC(C)(C)C)S(=O)(=O)c1ccc(C)c([N+](=O)[O-])c1. The standard InChI is InChI=1S/C31H37ClN4O7S/c1-20-10-8-9-11-23(20)18-34(22(3)30(38)33-31(4,5)6)29(37)19-35(27-16-24(32)13-15-28(27)43-7)44(41,42)25-14-12-21(2)26(17-25)36(39)40/h8-17,22H,18-19H2,1-7H3,(H,33,38). The number of methoxy groups -OCH3 is 1. The Morgan fingerprint density at radius 3 is 2.30 bits per heavy atom. The maximum Gasteiger partial charge on any atom is 0.273 e. The van der Waals surface area contributed by atoms with Gasteiger partial charge in [0.1, 0.15) is 18.3 Å². The molecule has 0 aliphatic rings. The molecular weight excluding hydrogens is 608 g/mol. The van der Waals surface area contributed by atoms with Crippen molar-refractivity contribution in [3.63, 3.8) is 0 Å². The minimum absolute atomic E-state index is 0.0147. The van der Waals surface area contributed by atoms with E-state index in [1.165, 1.54) is 49.3 Å². The molecule has 0 saturated carbocycles. The number of benzene rings is 3. The van der Waals surface area contributed by atoms with Crippen LogP contribution in [0.5, 0.6) is 5.75 Å². The first-order valence-corrected chi connectivity index (χ1v) is 15.6. The number of ether oxygens (including phenoxy) is 1. The van der Waals surface area contributed by atoms with Crippen LogP contribution in [0.3, 0.4) is 0 Å². The molecule has 0 heterocycles. The van der Waals surface area contributed by atoms with Crippen molar-refractivity contribution in [2.75, 3.05) is 18.0 Å². The molecule has 1 unspecified atom stereocenters. The van der Waals surface area contributed by atoms with Crippen molar-refractivity contribution >= 4 is 44.8 Å². The molecule has 44 heavy (non-hydrogen) atoms. The molecule has 3 rings (SSSR count). The summed E-state index contributed by atoms with van der Waals surface area (Å²) in [4.78, 5) is 39.4. The quantitative estimate of drug-likeness (QED) is 0.218. The summed E-state index contributed by atoms with van der Waals surface area (Å²) in [5.74, 6) is -1.03. The number of nitrogens with zero attached hydrogens (tertiary/aromatic N) is 3. The van der Waals surface area contributed by atoms with Crippen LogP contribution in [0, 0.1) is 24.0 Å². The van der Waals surface area contributed by atoms with Gasteiger partial charge in [0.05, 0.1) is 22.6 Å². The van der Waals surface area contributed by atoms with Crippen molar-refractivity contribution in [2.24, 2.45) is 0 Å². The van der Waals surface area contributed by atoms with Crippen LogP contribution in [0.15, 0.2) is 65.6 Å². The lowest BCUT2D eigenvalue weighted by atomic mass is 10.1. The summed E-state index contributed by atoms with van der Waals surface area (Å²) in [5.41, 5.74) is 0.858. The first kappa shape index (κ1) is 34.3. The molecule has 0 radical (unpaired) electrons. The zero-order valence-electron chi connectivity index (χ0n) is 25.8. The molecule has 0 fully saturated rings. The summed E-state index contributed by atoms with van der Waals surface area (Å²) in [7, 11) is -3.29. The van der Waals surface area contributed by atoms with E-state index in [0.717, 1.165) is 21.5 Å². The van der Waals surface area contributed by atoms with Crippen molar-refractivity contribution in [2.45, 2.75) is 64.6 Å². The Bertz CT molecular complexity index is 1670.